The highest BCUT2D eigenvalue weighted by Gasteiger charge is 2.10. The zero-order valence-electron chi connectivity index (χ0n) is 4.51. The van der Waals surface area contributed by atoms with Crippen LogP contribution in [0.1, 0.15) is 13.8 Å². The van der Waals surface area contributed by atoms with Crippen molar-refractivity contribution in [2.75, 3.05) is 6.54 Å². The summed E-state index contributed by atoms with van der Waals surface area (Å²) in [5.41, 5.74) is -0.929. The van der Waals surface area contributed by atoms with Crippen molar-refractivity contribution in [3.8, 4) is 0 Å². The minimum atomic E-state index is -0.929. The van der Waals surface area contributed by atoms with Crippen LogP contribution in [0.5, 0.6) is 0 Å². The Morgan fingerprint density at radius 3 is 2.14 bits per heavy atom. The summed E-state index contributed by atoms with van der Waals surface area (Å²) in [4.78, 5) is 9.41. The molecule has 0 amide bonds. The van der Waals surface area contributed by atoms with Crippen molar-refractivity contribution >= 4 is 0 Å². The molecular weight excluding hydrogens is 94.0 g/mol. The minimum absolute atomic E-state index is 0.0347. The number of hydrogen-bond acceptors (Lipinski definition) is 3. The lowest BCUT2D eigenvalue weighted by Gasteiger charge is -2.09. The summed E-state index contributed by atoms with van der Waals surface area (Å²) >= 11 is 0. The standard InChI is InChI=1S/C4H9NO2/c1-4(2,6)3-5-7/h6H,3H2,1-2H3. The number of rotatable bonds is 2. The van der Waals surface area contributed by atoms with E-state index in [-0.39, 0.29) is 6.54 Å². The van der Waals surface area contributed by atoms with Gasteiger partial charge >= 0.3 is 0 Å². The zero-order chi connectivity index (χ0) is 5.91. The van der Waals surface area contributed by atoms with Crippen LogP contribution < -0.4 is 0 Å². The third-order valence-corrected chi connectivity index (χ3v) is 0.451. The summed E-state index contributed by atoms with van der Waals surface area (Å²) in [6, 6.07) is 0. The van der Waals surface area contributed by atoms with E-state index in [0.717, 1.165) is 0 Å². The van der Waals surface area contributed by atoms with E-state index in [2.05, 4.69) is 5.18 Å². The van der Waals surface area contributed by atoms with Gasteiger partial charge in [-0.15, -0.1) is 0 Å². The molecular formula is C4H9NO2. The van der Waals surface area contributed by atoms with Gasteiger partial charge in [0.15, 0.2) is 0 Å². The van der Waals surface area contributed by atoms with Crippen molar-refractivity contribution in [3.05, 3.63) is 4.91 Å². The number of hydrogen-bond donors (Lipinski definition) is 1. The lowest BCUT2D eigenvalue weighted by atomic mass is 10.1. The molecule has 0 bridgehead atoms. The van der Waals surface area contributed by atoms with E-state index < -0.39 is 5.60 Å². The molecule has 0 spiro atoms. The van der Waals surface area contributed by atoms with Gasteiger partial charge in [-0.05, 0) is 13.8 Å². The maximum atomic E-state index is 9.41. The van der Waals surface area contributed by atoms with Crippen LogP contribution in [0.15, 0.2) is 5.18 Å². The normalized spacial score (nSPS) is 11.3. The maximum absolute atomic E-state index is 9.41. The summed E-state index contributed by atoms with van der Waals surface area (Å²) in [6.07, 6.45) is 0. The van der Waals surface area contributed by atoms with Crippen molar-refractivity contribution in [2.45, 2.75) is 19.4 Å². The average Bonchev–Trinajstić information content (AvgIpc) is 1.30. The quantitative estimate of drug-likeness (QED) is 0.518. The van der Waals surface area contributed by atoms with Crippen LogP contribution in [0.4, 0.5) is 0 Å². The van der Waals surface area contributed by atoms with Crippen molar-refractivity contribution in [1.82, 2.24) is 0 Å². The molecule has 0 aromatic carbocycles. The van der Waals surface area contributed by atoms with Crippen LogP contribution in [-0.2, 0) is 0 Å². The molecule has 3 nitrogen and oxygen atoms in total. The molecule has 1 N–H and O–H groups in total. The highest BCUT2D eigenvalue weighted by atomic mass is 16.3. The summed E-state index contributed by atoms with van der Waals surface area (Å²) in [5.74, 6) is 0. The fourth-order valence-electron chi connectivity index (χ4n) is 0.158. The largest absolute Gasteiger partial charge is 0.388 e. The fourth-order valence-corrected chi connectivity index (χ4v) is 0.158. The van der Waals surface area contributed by atoms with Gasteiger partial charge in [0.1, 0.15) is 6.54 Å². The molecule has 0 heterocycles. The van der Waals surface area contributed by atoms with Crippen LogP contribution in [0, 0.1) is 4.91 Å². The Morgan fingerprint density at radius 1 is 1.71 bits per heavy atom. The predicted molar refractivity (Wildman–Crippen MR) is 27.0 cm³/mol. The van der Waals surface area contributed by atoms with E-state index in [1.54, 1.807) is 0 Å². The van der Waals surface area contributed by atoms with Crippen LogP contribution in [0.25, 0.3) is 0 Å². The Morgan fingerprint density at radius 2 is 2.14 bits per heavy atom. The highest BCUT2D eigenvalue weighted by Crippen LogP contribution is 1.98. The summed E-state index contributed by atoms with van der Waals surface area (Å²) in [5, 5.41) is 11.2. The molecule has 0 aliphatic rings. The lowest BCUT2D eigenvalue weighted by molar-refractivity contribution is 0.0901. The Balaban J connectivity index is 3.34. The molecule has 0 radical (unpaired) electrons. The maximum Gasteiger partial charge on any atom is 0.109 e. The van der Waals surface area contributed by atoms with E-state index in [9.17, 15) is 4.91 Å². The van der Waals surface area contributed by atoms with Gasteiger partial charge in [0.25, 0.3) is 0 Å². The Labute approximate surface area is 42.3 Å². The first kappa shape index (κ1) is 6.56. The van der Waals surface area contributed by atoms with Gasteiger partial charge in [0.2, 0.25) is 0 Å². The van der Waals surface area contributed by atoms with Gasteiger partial charge < -0.3 is 5.11 Å². The SMILES string of the molecule is CC(C)(O)CN=O. The van der Waals surface area contributed by atoms with Crippen molar-refractivity contribution in [2.24, 2.45) is 5.18 Å². The van der Waals surface area contributed by atoms with Crippen LogP contribution in [0.2, 0.25) is 0 Å². The zero-order valence-corrected chi connectivity index (χ0v) is 4.51. The third-order valence-electron chi connectivity index (χ3n) is 0.451. The van der Waals surface area contributed by atoms with E-state index >= 15 is 0 Å². The van der Waals surface area contributed by atoms with Crippen molar-refractivity contribution < 1.29 is 5.11 Å². The molecule has 0 saturated heterocycles. The first-order chi connectivity index (χ1) is 3.06. The molecule has 0 unspecified atom stereocenters. The number of nitroso groups, excluding NO2 is 1. The molecule has 0 atom stereocenters. The number of aliphatic hydroxyl groups is 1. The Kier molecular flexibility index (Phi) is 1.90. The molecule has 0 fully saturated rings. The first-order valence-electron chi connectivity index (χ1n) is 2.08. The van der Waals surface area contributed by atoms with E-state index in [1.165, 1.54) is 13.8 Å². The molecule has 7 heavy (non-hydrogen) atoms. The fraction of sp³-hybridized carbons (Fsp3) is 1.00. The lowest BCUT2D eigenvalue weighted by Crippen LogP contribution is -2.21. The molecule has 0 aromatic rings. The first-order valence-corrected chi connectivity index (χ1v) is 2.08. The van der Waals surface area contributed by atoms with Gasteiger partial charge in [0, 0.05) is 0 Å². The molecule has 0 rings (SSSR count). The molecule has 0 aliphatic carbocycles. The van der Waals surface area contributed by atoms with E-state index in [0.29, 0.717) is 0 Å². The van der Waals surface area contributed by atoms with Crippen LogP contribution in [-0.4, -0.2) is 17.3 Å². The summed E-state index contributed by atoms with van der Waals surface area (Å²) in [7, 11) is 0. The van der Waals surface area contributed by atoms with Gasteiger partial charge in [-0.3, -0.25) is 0 Å². The monoisotopic (exact) mass is 103 g/mol. The van der Waals surface area contributed by atoms with Gasteiger partial charge in [-0.25, -0.2) is 0 Å². The van der Waals surface area contributed by atoms with E-state index in [4.69, 9.17) is 5.11 Å². The molecule has 0 aromatic heterocycles. The van der Waals surface area contributed by atoms with Gasteiger partial charge in [-0.1, -0.05) is 5.18 Å². The van der Waals surface area contributed by atoms with Gasteiger partial charge in [-0.2, -0.15) is 4.91 Å². The third kappa shape index (κ3) is 5.56. The van der Waals surface area contributed by atoms with Crippen LogP contribution >= 0.6 is 0 Å². The van der Waals surface area contributed by atoms with Crippen molar-refractivity contribution in [3.63, 3.8) is 0 Å². The van der Waals surface area contributed by atoms with E-state index in [1.807, 2.05) is 0 Å². The second kappa shape index (κ2) is 2.02. The Hall–Kier alpha value is -0.440. The molecule has 3 heteroatoms. The average molecular weight is 103 g/mol. The number of nitrogens with zero attached hydrogens (tertiary/aromatic N) is 1. The predicted octanol–water partition coefficient (Wildman–Crippen LogP) is 0.524. The topological polar surface area (TPSA) is 49.7 Å². The summed E-state index contributed by atoms with van der Waals surface area (Å²) in [6.45, 7) is 3.04. The van der Waals surface area contributed by atoms with Crippen molar-refractivity contribution in [1.29, 1.82) is 0 Å². The second-order valence-electron chi connectivity index (χ2n) is 2.10. The molecule has 0 aliphatic heterocycles. The minimum Gasteiger partial charge on any atom is -0.388 e. The summed E-state index contributed by atoms with van der Waals surface area (Å²) < 4.78 is 0. The van der Waals surface area contributed by atoms with Crippen LogP contribution in [0.3, 0.4) is 0 Å². The van der Waals surface area contributed by atoms with Gasteiger partial charge in [0.05, 0.1) is 5.60 Å². The smallest absolute Gasteiger partial charge is 0.109 e. The molecule has 0 saturated carbocycles. The second-order valence-corrected chi connectivity index (χ2v) is 2.10. The highest BCUT2D eigenvalue weighted by molar-refractivity contribution is 4.66. The Bertz CT molecular complexity index is 64.6. The molecule has 42 valence electrons.